The monoisotopic (exact) mass is 486 g/mol. The summed E-state index contributed by atoms with van der Waals surface area (Å²) in [5.74, 6) is -0.222. The normalized spacial score (nSPS) is 12.9. The second kappa shape index (κ2) is 11.8. The van der Waals surface area contributed by atoms with Crippen LogP contribution in [0.15, 0.2) is 47.4 Å². The van der Waals surface area contributed by atoms with E-state index in [2.05, 4.69) is 5.32 Å². The van der Waals surface area contributed by atoms with Crippen LogP contribution in [-0.2, 0) is 16.1 Å². The summed E-state index contributed by atoms with van der Waals surface area (Å²) in [6, 6.07) is 11.8. The highest BCUT2D eigenvalue weighted by molar-refractivity contribution is 8.00. The first-order valence-electron chi connectivity index (χ1n) is 9.64. The molecule has 0 saturated heterocycles. The molecule has 30 heavy (non-hydrogen) atoms. The van der Waals surface area contributed by atoms with Gasteiger partial charge in [0.2, 0.25) is 11.8 Å². The summed E-state index contributed by atoms with van der Waals surface area (Å²) < 4.78 is 0. The second-order valence-corrected chi connectivity index (χ2v) is 9.26. The molecule has 4 nitrogen and oxygen atoms in total. The van der Waals surface area contributed by atoms with E-state index < -0.39 is 6.04 Å². The first-order chi connectivity index (χ1) is 14.2. The SMILES string of the molecule is CC[C@@H](C)NC(=O)[C@H](C)N(Cc1c(Cl)cccc1Cl)C(=O)CSc1ccc(Cl)cc1. The number of rotatable bonds is 9. The topological polar surface area (TPSA) is 49.4 Å². The molecule has 0 heterocycles. The van der Waals surface area contributed by atoms with Crippen LogP contribution in [0.25, 0.3) is 0 Å². The van der Waals surface area contributed by atoms with Crippen molar-refractivity contribution in [2.75, 3.05) is 5.75 Å². The third-order valence-electron chi connectivity index (χ3n) is 4.73. The van der Waals surface area contributed by atoms with Crippen molar-refractivity contribution >= 4 is 58.4 Å². The minimum Gasteiger partial charge on any atom is -0.352 e. The Morgan fingerprint density at radius 2 is 1.63 bits per heavy atom. The van der Waals surface area contributed by atoms with E-state index in [-0.39, 0.29) is 30.2 Å². The number of thioether (sulfide) groups is 1. The number of hydrogen-bond donors (Lipinski definition) is 1. The minimum atomic E-state index is -0.676. The number of nitrogens with zero attached hydrogens (tertiary/aromatic N) is 1. The lowest BCUT2D eigenvalue weighted by Crippen LogP contribution is -2.50. The van der Waals surface area contributed by atoms with E-state index in [4.69, 9.17) is 34.8 Å². The molecule has 2 rings (SSSR count). The Balaban J connectivity index is 2.21. The molecule has 0 unspecified atom stereocenters. The van der Waals surface area contributed by atoms with Crippen LogP contribution in [0.5, 0.6) is 0 Å². The van der Waals surface area contributed by atoms with Crippen molar-refractivity contribution in [2.24, 2.45) is 0 Å². The summed E-state index contributed by atoms with van der Waals surface area (Å²) >= 11 is 19.9. The predicted octanol–water partition coefficient (Wildman–Crippen LogP) is 6.07. The average Bonchev–Trinajstić information content (AvgIpc) is 2.72. The maximum atomic E-state index is 13.1. The lowest BCUT2D eigenvalue weighted by molar-refractivity contribution is -0.138. The zero-order valence-electron chi connectivity index (χ0n) is 17.1. The predicted molar refractivity (Wildman–Crippen MR) is 127 cm³/mol. The molecule has 0 aliphatic heterocycles. The van der Waals surface area contributed by atoms with Crippen LogP contribution in [0.2, 0.25) is 15.1 Å². The Kier molecular flexibility index (Phi) is 9.82. The van der Waals surface area contributed by atoms with Gasteiger partial charge in [-0.25, -0.2) is 0 Å². The molecule has 2 aromatic rings. The second-order valence-electron chi connectivity index (χ2n) is 6.96. The summed E-state index contributed by atoms with van der Waals surface area (Å²) in [7, 11) is 0. The Hall–Kier alpha value is -1.40. The molecular weight excluding hydrogens is 463 g/mol. The first kappa shape index (κ1) is 24.9. The number of benzene rings is 2. The van der Waals surface area contributed by atoms with Gasteiger partial charge in [-0.3, -0.25) is 9.59 Å². The summed E-state index contributed by atoms with van der Waals surface area (Å²) in [4.78, 5) is 28.3. The molecule has 0 aromatic heterocycles. The van der Waals surface area contributed by atoms with Gasteiger partial charge < -0.3 is 10.2 Å². The Labute approximate surface area is 197 Å². The summed E-state index contributed by atoms with van der Waals surface area (Å²) in [5, 5.41) is 4.49. The molecule has 2 aromatic carbocycles. The molecule has 2 atom stereocenters. The molecular formula is C22H25Cl3N2O2S. The van der Waals surface area contributed by atoms with Gasteiger partial charge in [-0.1, -0.05) is 47.8 Å². The van der Waals surface area contributed by atoms with Crippen molar-refractivity contribution in [1.82, 2.24) is 10.2 Å². The van der Waals surface area contributed by atoms with Crippen LogP contribution in [0.3, 0.4) is 0 Å². The van der Waals surface area contributed by atoms with Crippen LogP contribution >= 0.6 is 46.6 Å². The van der Waals surface area contributed by atoms with Crippen molar-refractivity contribution in [1.29, 1.82) is 0 Å². The molecule has 0 saturated carbocycles. The molecule has 0 aliphatic carbocycles. The molecule has 0 spiro atoms. The van der Waals surface area contributed by atoms with Gasteiger partial charge in [0.05, 0.1) is 5.75 Å². The molecule has 2 amide bonds. The lowest BCUT2D eigenvalue weighted by Gasteiger charge is -2.30. The van der Waals surface area contributed by atoms with Gasteiger partial charge in [0.25, 0.3) is 0 Å². The van der Waals surface area contributed by atoms with Crippen LogP contribution in [-0.4, -0.2) is 34.6 Å². The fourth-order valence-electron chi connectivity index (χ4n) is 2.66. The Morgan fingerprint density at radius 3 is 2.20 bits per heavy atom. The largest absolute Gasteiger partial charge is 0.352 e. The van der Waals surface area contributed by atoms with Crippen molar-refractivity contribution in [3.63, 3.8) is 0 Å². The highest BCUT2D eigenvalue weighted by atomic mass is 35.5. The molecule has 0 fully saturated rings. The first-order valence-corrected chi connectivity index (χ1v) is 11.8. The third-order valence-corrected chi connectivity index (χ3v) is 6.69. The number of carbonyl (C=O) groups is 2. The third kappa shape index (κ3) is 7.09. The summed E-state index contributed by atoms with van der Waals surface area (Å²) in [6.07, 6.45) is 0.801. The zero-order valence-corrected chi connectivity index (χ0v) is 20.2. The quantitative estimate of drug-likeness (QED) is 0.437. The standard InChI is InChI=1S/C22H25Cl3N2O2S/c1-4-14(2)26-22(29)15(3)27(12-18-19(24)6-5-7-20(18)25)21(28)13-30-17-10-8-16(23)9-11-17/h5-11,14-15H,4,12-13H2,1-3H3,(H,26,29)/t14-,15+/m1/s1. The maximum absolute atomic E-state index is 13.1. The van der Waals surface area contributed by atoms with E-state index in [0.717, 1.165) is 11.3 Å². The molecule has 0 radical (unpaired) electrons. The van der Waals surface area contributed by atoms with Crippen molar-refractivity contribution < 1.29 is 9.59 Å². The summed E-state index contributed by atoms with van der Waals surface area (Å²) in [5.41, 5.74) is 0.619. The van der Waals surface area contributed by atoms with E-state index in [9.17, 15) is 9.59 Å². The number of halogens is 3. The van der Waals surface area contributed by atoms with Gasteiger partial charge in [0, 0.05) is 38.1 Å². The minimum absolute atomic E-state index is 0.0178. The van der Waals surface area contributed by atoms with E-state index in [1.165, 1.54) is 16.7 Å². The van der Waals surface area contributed by atoms with E-state index in [1.54, 1.807) is 37.3 Å². The van der Waals surface area contributed by atoms with Crippen molar-refractivity contribution in [3.05, 3.63) is 63.1 Å². The van der Waals surface area contributed by atoms with Gasteiger partial charge >= 0.3 is 0 Å². The van der Waals surface area contributed by atoms with Crippen LogP contribution < -0.4 is 5.32 Å². The van der Waals surface area contributed by atoms with Gasteiger partial charge in [0.1, 0.15) is 6.04 Å². The van der Waals surface area contributed by atoms with Gasteiger partial charge in [0.15, 0.2) is 0 Å². The van der Waals surface area contributed by atoms with E-state index in [1.807, 2.05) is 26.0 Å². The molecule has 162 valence electrons. The fraction of sp³-hybridized carbons (Fsp3) is 0.364. The average molecular weight is 488 g/mol. The van der Waals surface area contributed by atoms with E-state index >= 15 is 0 Å². The lowest BCUT2D eigenvalue weighted by atomic mass is 10.1. The van der Waals surface area contributed by atoms with Crippen LogP contribution in [0, 0.1) is 0 Å². The van der Waals surface area contributed by atoms with Gasteiger partial charge in [-0.2, -0.15) is 0 Å². The van der Waals surface area contributed by atoms with Crippen LogP contribution in [0.1, 0.15) is 32.8 Å². The molecule has 0 bridgehead atoms. The highest BCUT2D eigenvalue weighted by Crippen LogP contribution is 2.27. The maximum Gasteiger partial charge on any atom is 0.242 e. The summed E-state index contributed by atoms with van der Waals surface area (Å²) in [6.45, 7) is 5.78. The zero-order chi connectivity index (χ0) is 22.3. The smallest absolute Gasteiger partial charge is 0.242 e. The highest BCUT2D eigenvalue weighted by Gasteiger charge is 2.28. The molecule has 1 N–H and O–H groups in total. The number of carbonyl (C=O) groups excluding carboxylic acids is 2. The number of nitrogens with one attached hydrogen (secondary N) is 1. The van der Waals surface area contributed by atoms with Crippen LogP contribution in [0.4, 0.5) is 0 Å². The van der Waals surface area contributed by atoms with Gasteiger partial charge in [-0.15, -0.1) is 11.8 Å². The van der Waals surface area contributed by atoms with Crippen molar-refractivity contribution in [2.45, 2.75) is 50.7 Å². The molecule has 0 aliphatic rings. The number of amides is 2. The number of hydrogen-bond acceptors (Lipinski definition) is 3. The molecule has 8 heteroatoms. The van der Waals surface area contributed by atoms with Crippen molar-refractivity contribution in [3.8, 4) is 0 Å². The fourth-order valence-corrected chi connectivity index (χ4v) is 4.09. The Bertz CT molecular complexity index is 857. The van der Waals surface area contributed by atoms with E-state index in [0.29, 0.717) is 20.6 Å². The van der Waals surface area contributed by atoms with Gasteiger partial charge in [-0.05, 0) is 56.7 Å². The Morgan fingerprint density at radius 1 is 1.03 bits per heavy atom.